The zero-order valence-electron chi connectivity index (χ0n) is 19.2. The molecule has 1 saturated carbocycles. The van der Waals surface area contributed by atoms with E-state index >= 15 is 0 Å². The van der Waals surface area contributed by atoms with Crippen LogP contribution in [0.3, 0.4) is 0 Å². The molecule has 6 unspecified atom stereocenters. The van der Waals surface area contributed by atoms with Crippen LogP contribution in [0.15, 0.2) is 48.5 Å². The predicted octanol–water partition coefficient (Wildman–Crippen LogP) is 2.91. The second-order valence-electron chi connectivity index (χ2n) is 10.1. The molecule has 2 aliphatic carbocycles. The van der Waals surface area contributed by atoms with Gasteiger partial charge in [-0.15, -0.1) is 0 Å². The Hall–Kier alpha value is -3.39. The van der Waals surface area contributed by atoms with Crippen molar-refractivity contribution in [3.8, 4) is 11.1 Å². The van der Waals surface area contributed by atoms with E-state index in [1.54, 1.807) is 0 Å². The van der Waals surface area contributed by atoms with Gasteiger partial charge < -0.3 is 25.2 Å². The maximum absolute atomic E-state index is 12.8. The average Bonchev–Trinajstić information content (AvgIpc) is 3.32. The smallest absolute Gasteiger partial charge is 0.407 e. The molecule has 35 heavy (non-hydrogen) atoms. The van der Waals surface area contributed by atoms with Gasteiger partial charge in [-0.25, -0.2) is 4.79 Å². The fraction of sp³-hybridized carbons (Fsp3) is 0.444. The lowest BCUT2D eigenvalue weighted by Crippen LogP contribution is -2.49. The topological polar surface area (TPSA) is 114 Å². The first kappa shape index (κ1) is 22.1. The molecular weight excluding hydrogens is 448 g/mol. The van der Waals surface area contributed by atoms with Crippen LogP contribution >= 0.6 is 0 Å². The van der Waals surface area contributed by atoms with Gasteiger partial charge in [-0.1, -0.05) is 48.5 Å². The van der Waals surface area contributed by atoms with Gasteiger partial charge in [0.25, 0.3) is 0 Å². The van der Waals surface area contributed by atoms with E-state index < -0.39 is 30.4 Å². The van der Waals surface area contributed by atoms with E-state index in [-0.39, 0.29) is 24.5 Å². The van der Waals surface area contributed by atoms with Gasteiger partial charge in [0.05, 0.1) is 18.6 Å². The number of hydrogen-bond acceptors (Lipinski definition) is 5. The maximum atomic E-state index is 12.8. The number of nitrogens with one attached hydrogen (secondary N) is 2. The van der Waals surface area contributed by atoms with Gasteiger partial charge in [-0.3, -0.25) is 9.59 Å². The molecule has 2 saturated heterocycles. The maximum Gasteiger partial charge on any atom is 0.407 e. The number of carboxylic acids is 1. The molecule has 2 aromatic carbocycles. The molecule has 182 valence electrons. The first-order valence-corrected chi connectivity index (χ1v) is 12.3. The Balaban J connectivity index is 1.06. The summed E-state index contributed by atoms with van der Waals surface area (Å²) < 4.78 is 11.5. The number of hydrogen-bond donors (Lipinski definition) is 3. The third-order valence-electron chi connectivity index (χ3n) is 7.99. The number of ether oxygens (including phenoxy) is 2. The third kappa shape index (κ3) is 4.05. The van der Waals surface area contributed by atoms with Gasteiger partial charge in [0.1, 0.15) is 12.6 Å². The Morgan fingerprint density at radius 1 is 1.00 bits per heavy atom. The summed E-state index contributed by atoms with van der Waals surface area (Å²) in [5.74, 6) is -0.257. The minimum atomic E-state index is -1.21. The number of benzene rings is 2. The monoisotopic (exact) mass is 476 g/mol. The van der Waals surface area contributed by atoms with Gasteiger partial charge in [-0.2, -0.15) is 0 Å². The highest BCUT2D eigenvalue weighted by Crippen LogP contribution is 2.60. The van der Waals surface area contributed by atoms with Crippen LogP contribution in [0.1, 0.15) is 36.3 Å². The second-order valence-corrected chi connectivity index (χ2v) is 10.1. The molecule has 6 atom stereocenters. The normalized spacial score (nSPS) is 27.9. The summed E-state index contributed by atoms with van der Waals surface area (Å²) in [4.78, 5) is 36.7. The lowest BCUT2D eigenvalue weighted by Gasteiger charge is -2.22. The number of carboxylic acid groups (broad SMARTS) is 1. The first-order valence-electron chi connectivity index (χ1n) is 12.3. The van der Waals surface area contributed by atoms with Gasteiger partial charge in [0, 0.05) is 18.4 Å². The number of amides is 2. The summed E-state index contributed by atoms with van der Waals surface area (Å²) in [7, 11) is 0. The van der Waals surface area contributed by atoms with Crippen LogP contribution in [0, 0.1) is 17.8 Å². The van der Waals surface area contributed by atoms with Crippen molar-refractivity contribution in [3.63, 3.8) is 0 Å². The molecule has 0 radical (unpaired) electrons. The Morgan fingerprint density at radius 3 is 2.31 bits per heavy atom. The van der Waals surface area contributed by atoms with E-state index in [4.69, 9.17) is 9.47 Å². The van der Waals surface area contributed by atoms with Crippen LogP contribution in [-0.2, 0) is 19.1 Å². The molecule has 2 bridgehead atoms. The van der Waals surface area contributed by atoms with E-state index in [1.807, 2.05) is 48.5 Å². The van der Waals surface area contributed by atoms with Crippen LogP contribution in [0.25, 0.3) is 11.1 Å². The molecule has 3 N–H and O–H groups in total. The van der Waals surface area contributed by atoms with Crippen molar-refractivity contribution in [2.45, 2.75) is 43.4 Å². The second kappa shape index (κ2) is 8.68. The fourth-order valence-electron chi connectivity index (χ4n) is 6.29. The van der Waals surface area contributed by atoms with E-state index in [0.717, 1.165) is 28.7 Å². The molecule has 8 nitrogen and oxygen atoms in total. The third-order valence-corrected chi connectivity index (χ3v) is 7.99. The summed E-state index contributed by atoms with van der Waals surface area (Å²) in [5, 5.41) is 14.6. The highest BCUT2D eigenvalue weighted by molar-refractivity contribution is 5.89. The predicted molar refractivity (Wildman–Crippen MR) is 126 cm³/mol. The van der Waals surface area contributed by atoms with Crippen LogP contribution in [0.5, 0.6) is 0 Å². The minimum Gasteiger partial charge on any atom is -0.481 e. The van der Waals surface area contributed by atoms with Crippen molar-refractivity contribution in [2.24, 2.45) is 17.8 Å². The largest absolute Gasteiger partial charge is 0.481 e. The first-order chi connectivity index (χ1) is 17.0. The van der Waals surface area contributed by atoms with Gasteiger partial charge in [0.2, 0.25) is 5.91 Å². The van der Waals surface area contributed by atoms with Crippen molar-refractivity contribution in [3.05, 3.63) is 59.7 Å². The van der Waals surface area contributed by atoms with Gasteiger partial charge in [-0.05, 0) is 46.9 Å². The molecule has 2 aliphatic heterocycles. The van der Waals surface area contributed by atoms with Crippen LogP contribution in [0.4, 0.5) is 4.79 Å². The molecule has 6 rings (SSSR count). The van der Waals surface area contributed by atoms with Gasteiger partial charge in [0.15, 0.2) is 0 Å². The fourth-order valence-corrected chi connectivity index (χ4v) is 6.29. The van der Waals surface area contributed by atoms with Crippen LogP contribution in [-0.4, -0.2) is 54.5 Å². The molecule has 2 aromatic rings. The Morgan fingerprint density at radius 2 is 1.69 bits per heavy atom. The van der Waals surface area contributed by atoms with E-state index in [9.17, 15) is 19.5 Å². The summed E-state index contributed by atoms with van der Waals surface area (Å²) >= 11 is 0. The molecule has 4 aliphatic rings. The highest BCUT2D eigenvalue weighted by Gasteiger charge is 2.62. The SMILES string of the molecule is O=C(O)CC(NC(=O)OCC1c2ccccc2-c2ccccc21)C(=O)NCC1CC2OC1C1CC21. The van der Waals surface area contributed by atoms with Crippen LogP contribution < -0.4 is 10.6 Å². The minimum absolute atomic E-state index is 0.0896. The highest BCUT2D eigenvalue weighted by atomic mass is 16.5. The quantitative estimate of drug-likeness (QED) is 0.540. The van der Waals surface area contributed by atoms with Crippen molar-refractivity contribution < 1.29 is 29.0 Å². The molecule has 2 amide bonds. The molecular formula is C27H28N2O6. The summed E-state index contributed by atoms with van der Waals surface area (Å²) in [6.45, 7) is 0.512. The number of carbonyl (C=O) groups excluding carboxylic acids is 2. The van der Waals surface area contributed by atoms with Crippen molar-refractivity contribution in [1.29, 1.82) is 0 Å². The molecule has 0 spiro atoms. The number of fused-ring (bicyclic) bond motifs is 8. The lowest BCUT2D eigenvalue weighted by atomic mass is 9.89. The molecule has 8 heteroatoms. The number of rotatable bonds is 8. The number of carbonyl (C=O) groups is 3. The van der Waals surface area contributed by atoms with Crippen molar-refractivity contribution in [2.75, 3.05) is 13.2 Å². The Labute approximate surface area is 203 Å². The zero-order valence-corrected chi connectivity index (χ0v) is 19.2. The van der Waals surface area contributed by atoms with E-state index in [0.29, 0.717) is 24.5 Å². The van der Waals surface area contributed by atoms with Gasteiger partial charge >= 0.3 is 12.1 Å². The Bertz CT molecular complexity index is 1140. The molecule has 2 heterocycles. The lowest BCUT2D eigenvalue weighted by molar-refractivity contribution is -0.139. The zero-order chi connectivity index (χ0) is 24.1. The number of aliphatic carboxylic acids is 1. The van der Waals surface area contributed by atoms with E-state index in [2.05, 4.69) is 10.6 Å². The van der Waals surface area contributed by atoms with Crippen molar-refractivity contribution in [1.82, 2.24) is 10.6 Å². The summed E-state index contributed by atoms with van der Waals surface area (Å²) in [6, 6.07) is 14.8. The molecule has 3 fully saturated rings. The summed E-state index contributed by atoms with van der Waals surface area (Å²) in [6.07, 6.45) is 1.31. The Kier molecular flexibility index (Phi) is 5.48. The van der Waals surface area contributed by atoms with Crippen molar-refractivity contribution >= 4 is 18.0 Å². The number of alkyl carbamates (subject to hydrolysis) is 1. The summed E-state index contributed by atoms with van der Waals surface area (Å²) in [5.41, 5.74) is 4.38. The standard InChI is InChI=1S/C27H28N2O6/c30-24(31)11-22(26(32)28-12-14-9-23-19-10-20(19)25(14)35-23)29-27(33)34-13-21-17-7-3-1-5-15(17)16-6-2-4-8-18(16)21/h1-8,14,19-23,25H,9-13H2,(H,28,32)(H,29,33)(H,30,31). The average molecular weight is 477 g/mol. The molecule has 0 aromatic heterocycles. The van der Waals surface area contributed by atoms with Crippen LogP contribution in [0.2, 0.25) is 0 Å². The van der Waals surface area contributed by atoms with E-state index in [1.165, 1.54) is 6.42 Å².